The zero-order valence-corrected chi connectivity index (χ0v) is 19.3. The summed E-state index contributed by atoms with van der Waals surface area (Å²) in [4.78, 5) is 39.0. The summed E-state index contributed by atoms with van der Waals surface area (Å²) in [6, 6.07) is 16.7. The number of benzene rings is 2. The minimum absolute atomic E-state index is 0.0391. The first-order valence-electron chi connectivity index (χ1n) is 11.5. The number of ether oxygens (including phenoxy) is 1. The molecule has 1 saturated heterocycles. The number of carbonyl (C=O) groups excluding carboxylic acids is 2. The molecule has 0 saturated carbocycles. The Morgan fingerprint density at radius 1 is 0.943 bits per heavy atom. The van der Waals surface area contributed by atoms with Crippen LogP contribution in [0.15, 0.2) is 79.4 Å². The summed E-state index contributed by atoms with van der Waals surface area (Å²) in [5.41, 5.74) is 4.84. The molecular weight excluding hydrogens is 440 g/mol. The van der Waals surface area contributed by atoms with Crippen molar-refractivity contribution in [1.29, 1.82) is 0 Å². The second-order valence-electron chi connectivity index (χ2n) is 8.45. The van der Waals surface area contributed by atoms with E-state index in [1.54, 1.807) is 36.9 Å². The number of hydrogen-bond donors (Lipinski definition) is 0. The van der Waals surface area contributed by atoms with E-state index in [1.165, 1.54) is 6.92 Å². The van der Waals surface area contributed by atoms with Crippen molar-refractivity contribution in [2.75, 3.05) is 6.54 Å². The molecule has 1 fully saturated rings. The van der Waals surface area contributed by atoms with Crippen molar-refractivity contribution in [2.24, 2.45) is 0 Å². The fourth-order valence-electron chi connectivity index (χ4n) is 4.05. The smallest absolute Gasteiger partial charge is 0.222 e. The number of amides is 1. The average molecular weight is 465 g/mol. The molecule has 5 rings (SSSR count). The van der Waals surface area contributed by atoms with Gasteiger partial charge in [-0.25, -0.2) is 0 Å². The Hall–Kier alpha value is -4.39. The van der Waals surface area contributed by atoms with Crippen LogP contribution in [0, 0.1) is 0 Å². The van der Waals surface area contributed by atoms with Crippen LogP contribution in [0.25, 0.3) is 22.5 Å². The zero-order chi connectivity index (χ0) is 24.2. The lowest BCUT2D eigenvalue weighted by molar-refractivity contribution is -0.128. The van der Waals surface area contributed by atoms with E-state index in [4.69, 9.17) is 4.74 Å². The standard InChI is InChI=1S/C28H24N4O3/c1-19(33)22-4-5-23(18-32-14-2-3-28(32)34)27(15-22)35-24-8-6-20(7-9-24)25-16-31-26(17-30-25)21-10-12-29-13-11-21/h4-13,15-17H,2-3,14,18H2,1H3. The Balaban J connectivity index is 1.35. The van der Waals surface area contributed by atoms with Gasteiger partial charge in [-0.3, -0.25) is 24.5 Å². The normalized spacial score (nSPS) is 13.2. The molecule has 174 valence electrons. The number of likely N-dealkylation sites (tertiary alicyclic amines) is 1. The number of rotatable bonds is 7. The Morgan fingerprint density at radius 3 is 2.23 bits per heavy atom. The minimum atomic E-state index is -0.0391. The van der Waals surface area contributed by atoms with Gasteiger partial charge < -0.3 is 9.64 Å². The number of carbonyl (C=O) groups is 2. The van der Waals surface area contributed by atoms with E-state index in [9.17, 15) is 9.59 Å². The van der Waals surface area contributed by atoms with Gasteiger partial charge in [0.1, 0.15) is 11.5 Å². The molecule has 35 heavy (non-hydrogen) atoms. The summed E-state index contributed by atoms with van der Waals surface area (Å²) >= 11 is 0. The van der Waals surface area contributed by atoms with Crippen molar-refractivity contribution in [3.05, 3.63) is 90.5 Å². The van der Waals surface area contributed by atoms with Crippen LogP contribution < -0.4 is 4.74 Å². The molecule has 2 aromatic heterocycles. The summed E-state index contributed by atoms with van der Waals surface area (Å²) in [5, 5.41) is 0. The van der Waals surface area contributed by atoms with Crippen LogP contribution in [0.5, 0.6) is 11.5 Å². The Labute approximate surface area is 203 Å². The van der Waals surface area contributed by atoms with Crippen molar-refractivity contribution >= 4 is 11.7 Å². The van der Waals surface area contributed by atoms with Gasteiger partial charge in [-0.2, -0.15) is 0 Å². The van der Waals surface area contributed by atoms with E-state index < -0.39 is 0 Å². The first kappa shape index (κ1) is 22.4. The zero-order valence-electron chi connectivity index (χ0n) is 19.3. The van der Waals surface area contributed by atoms with E-state index in [2.05, 4.69) is 15.0 Å². The van der Waals surface area contributed by atoms with Gasteiger partial charge in [-0.1, -0.05) is 12.1 Å². The highest BCUT2D eigenvalue weighted by atomic mass is 16.5. The van der Waals surface area contributed by atoms with Crippen LogP contribution in [0.4, 0.5) is 0 Å². The first-order valence-corrected chi connectivity index (χ1v) is 11.5. The summed E-state index contributed by atoms with van der Waals surface area (Å²) in [6.45, 7) is 2.73. The maximum Gasteiger partial charge on any atom is 0.222 e. The predicted octanol–water partition coefficient (Wildman–Crippen LogP) is 5.32. The van der Waals surface area contributed by atoms with Crippen molar-refractivity contribution in [2.45, 2.75) is 26.3 Å². The fraction of sp³-hybridized carbons (Fsp3) is 0.179. The summed E-state index contributed by atoms with van der Waals surface area (Å²) in [7, 11) is 0. The van der Waals surface area contributed by atoms with Gasteiger partial charge in [0.25, 0.3) is 0 Å². The lowest BCUT2D eigenvalue weighted by atomic mass is 10.1. The Kier molecular flexibility index (Phi) is 6.30. The van der Waals surface area contributed by atoms with Crippen LogP contribution in [0.1, 0.15) is 35.7 Å². The molecule has 0 aliphatic carbocycles. The van der Waals surface area contributed by atoms with Crippen LogP contribution in [0.2, 0.25) is 0 Å². The number of Topliss-reactive ketones (excluding diaryl/α,β-unsaturated/α-hetero) is 1. The van der Waals surface area contributed by atoms with E-state index in [-0.39, 0.29) is 11.7 Å². The van der Waals surface area contributed by atoms with Crippen molar-refractivity contribution in [1.82, 2.24) is 19.9 Å². The number of nitrogens with zero attached hydrogens (tertiary/aromatic N) is 4. The summed E-state index contributed by atoms with van der Waals surface area (Å²) in [5.74, 6) is 1.31. The van der Waals surface area contributed by atoms with Gasteiger partial charge in [-0.05, 0) is 55.8 Å². The van der Waals surface area contributed by atoms with Gasteiger partial charge in [0, 0.05) is 54.2 Å². The summed E-state index contributed by atoms with van der Waals surface area (Å²) < 4.78 is 6.18. The van der Waals surface area contributed by atoms with Gasteiger partial charge in [0.2, 0.25) is 5.91 Å². The minimum Gasteiger partial charge on any atom is -0.457 e. The molecular formula is C28H24N4O3. The number of pyridine rings is 1. The molecule has 3 heterocycles. The quantitative estimate of drug-likeness (QED) is 0.344. The van der Waals surface area contributed by atoms with E-state index in [1.807, 2.05) is 47.4 Å². The fourth-order valence-corrected chi connectivity index (χ4v) is 4.05. The molecule has 4 aromatic rings. The molecule has 0 unspecified atom stereocenters. The lowest BCUT2D eigenvalue weighted by Crippen LogP contribution is -2.24. The average Bonchev–Trinajstić information content (AvgIpc) is 3.30. The first-order chi connectivity index (χ1) is 17.1. The van der Waals surface area contributed by atoms with E-state index in [0.717, 1.165) is 41.0 Å². The molecule has 1 aliphatic rings. The molecule has 0 atom stereocenters. The number of ketones is 1. The maximum absolute atomic E-state index is 12.1. The number of hydrogen-bond acceptors (Lipinski definition) is 6. The van der Waals surface area contributed by atoms with E-state index in [0.29, 0.717) is 30.0 Å². The number of aromatic nitrogens is 3. The third-order valence-corrected chi connectivity index (χ3v) is 6.01. The highest BCUT2D eigenvalue weighted by Crippen LogP contribution is 2.30. The van der Waals surface area contributed by atoms with Crippen LogP contribution in [-0.4, -0.2) is 38.1 Å². The van der Waals surface area contributed by atoms with Gasteiger partial charge in [-0.15, -0.1) is 0 Å². The molecule has 7 nitrogen and oxygen atoms in total. The van der Waals surface area contributed by atoms with Crippen LogP contribution >= 0.6 is 0 Å². The molecule has 0 bridgehead atoms. The second kappa shape index (κ2) is 9.85. The highest BCUT2D eigenvalue weighted by molar-refractivity contribution is 5.94. The molecule has 1 amide bonds. The second-order valence-corrected chi connectivity index (χ2v) is 8.45. The molecule has 2 aromatic carbocycles. The third kappa shape index (κ3) is 5.09. The van der Waals surface area contributed by atoms with Gasteiger partial charge >= 0.3 is 0 Å². The molecule has 0 N–H and O–H groups in total. The monoisotopic (exact) mass is 464 g/mol. The van der Waals surface area contributed by atoms with Crippen molar-refractivity contribution in [3.8, 4) is 34.0 Å². The lowest BCUT2D eigenvalue weighted by Gasteiger charge is -2.19. The van der Waals surface area contributed by atoms with Crippen molar-refractivity contribution in [3.63, 3.8) is 0 Å². The van der Waals surface area contributed by atoms with Crippen LogP contribution in [0.3, 0.4) is 0 Å². The maximum atomic E-state index is 12.1. The topological polar surface area (TPSA) is 85.3 Å². The largest absolute Gasteiger partial charge is 0.457 e. The van der Waals surface area contributed by atoms with Gasteiger partial charge in [0.05, 0.1) is 23.8 Å². The van der Waals surface area contributed by atoms with Crippen molar-refractivity contribution < 1.29 is 14.3 Å². The molecule has 1 aliphatic heterocycles. The Morgan fingerprint density at radius 2 is 1.63 bits per heavy atom. The summed E-state index contributed by atoms with van der Waals surface area (Å²) in [6.07, 6.45) is 8.39. The molecule has 0 radical (unpaired) electrons. The molecule has 0 spiro atoms. The predicted molar refractivity (Wildman–Crippen MR) is 132 cm³/mol. The Bertz CT molecular complexity index is 1350. The van der Waals surface area contributed by atoms with Gasteiger partial charge in [0.15, 0.2) is 5.78 Å². The van der Waals surface area contributed by atoms with Crippen LogP contribution in [-0.2, 0) is 11.3 Å². The molecule has 7 heteroatoms. The third-order valence-electron chi connectivity index (χ3n) is 6.01. The SMILES string of the molecule is CC(=O)c1ccc(CN2CCCC2=O)c(Oc2ccc(-c3cnc(-c4ccncc4)cn3)cc2)c1. The highest BCUT2D eigenvalue weighted by Gasteiger charge is 2.22. The van der Waals surface area contributed by atoms with E-state index >= 15 is 0 Å².